The van der Waals surface area contributed by atoms with E-state index in [0.29, 0.717) is 22.4 Å². The molecule has 0 amide bonds. The van der Waals surface area contributed by atoms with E-state index in [4.69, 9.17) is 97.3 Å². The van der Waals surface area contributed by atoms with E-state index in [1.807, 2.05) is 42.5 Å². The second kappa shape index (κ2) is 15.2. The van der Waals surface area contributed by atoms with Crippen LogP contribution < -0.4 is 54.6 Å². The predicted octanol–water partition coefficient (Wildman–Crippen LogP) is 1.98. The van der Waals surface area contributed by atoms with Gasteiger partial charge in [0.05, 0.1) is 22.4 Å². The average molecular weight is 828 g/mol. The van der Waals surface area contributed by atoms with Crippen LogP contribution in [0.25, 0.3) is 116 Å². The summed E-state index contributed by atoms with van der Waals surface area (Å²) in [4.78, 5) is 9.93. The lowest BCUT2D eigenvalue weighted by Crippen LogP contribution is -2.55. The third-order valence-electron chi connectivity index (χ3n) is 13.0. The van der Waals surface area contributed by atoms with Crippen LogP contribution in [0.4, 0.5) is 0 Å². The van der Waals surface area contributed by atoms with Gasteiger partial charge in [-0.15, -0.1) is 32.8 Å². The lowest BCUT2D eigenvalue weighted by atomic mass is 9.60. The fourth-order valence-electron chi connectivity index (χ4n) is 9.64. The lowest BCUT2D eigenvalue weighted by Gasteiger charge is -2.23. The molecule has 67 heavy (non-hydrogen) atoms. The molecule has 12 rings (SSSR count). The van der Waals surface area contributed by atoms with E-state index in [9.17, 15) is 0 Å². The number of benzene rings is 8. The van der Waals surface area contributed by atoms with Crippen LogP contribution in [-0.2, 0) is 0 Å². The molecule has 0 aliphatic heterocycles. The Morgan fingerprint density at radius 2 is 0.881 bits per heavy atom. The maximum atomic E-state index is 6.64. The molecule has 0 saturated heterocycles. The Balaban J connectivity index is 1.06. The monoisotopic (exact) mass is 829 g/mol. The molecule has 0 spiro atoms. The van der Waals surface area contributed by atoms with Crippen LogP contribution in [0.1, 0.15) is 0 Å². The summed E-state index contributed by atoms with van der Waals surface area (Å²) in [5, 5.41) is 5.94. The van der Waals surface area contributed by atoms with Gasteiger partial charge in [0.1, 0.15) is 101 Å². The van der Waals surface area contributed by atoms with Crippen LogP contribution in [0.2, 0.25) is 0 Å². The van der Waals surface area contributed by atoms with Crippen LogP contribution in [0.15, 0.2) is 136 Å². The predicted molar refractivity (Wildman–Crippen MR) is 287 cm³/mol. The van der Waals surface area contributed by atoms with Crippen molar-refractivity contribution in [2.24, 2.45) is 0 Å². The summed E-state index contributed by atoms with van der Waals surface area (Å²) in [5.74, 6) is 0.0546. The van der Waals surface area contributed by atoms with E-state index in [0.717, 1.165) is 60.6 Å². The molecular weight excluding hydrogens is 807 g/mol. The van der Waals surface area contributed by atoms with E-state index in [-0.39, 0.29) is 77.3 Å². The van der Waals surface area contributed by atoms with Gasteiger partial charge in [-0.1, -0.05) is 88.6 Å². The van der Waals surface area contributed by atoms with Crippen LogP contribution in [0, 0.1) is 0 Å². The fraction of sp³-hybridized carbons (Fsp3) is 0. The maximum absolute atomic E-state index is 6.64. The minimum Gasteiger partial charge on any atom is -0.456 e. The van der Waals surface area contributed by atoms with Crippen molar-refractivity contribution in [3.63, 3.8) is 0 Å². The van der Waals surface area contributed by atoms with Crippen molar-refractivity contribution in [2.75, 3.05) is 0 Å². The number of nitrogens with zero attached hydrogens (tertiary/aromatic N) is 3. The van der Waals surface area contributed by atoms with Crippen LogP contribution in [-0.4, -0.2) is 93.0 Å². The molecule has 0 aliphatic carbocycles. The molecule has 15 heteroatoms. The normalized spacial score (nSPS) is 11.9. The van der Waals surface area contributed by atoms with Gasteiger partial charge in [0.2, 0.25) is 0 Å². The third kappa shape index (κ3) is 6.09. The second-order valence-electron chi connectivity index (χ2n) is 16.7. The van der Waals surface area contributed by atoms with Gasteiger partial charge in [0, 0.05) is 55.2 Å². The standard InChI is InChI=1S/C52H21B10N3O2/c53-42-40(43(54)47(58)50(61)46(42)57)31-21-30(63-52(64-31)41-44(55)48(59)51(62)49(60)45(41)56)27-10-6-14-36-39(27)29-19-22(15-18-34(29)66-36)24-9-5-13-35-38(24)28-17-16-23(20-37(28)67-35)65-32-11-3-1-7-25(32)26-8-2-4-12-33(26)65/h1-21H. The van der Waals surface area contributed by atoms with Crippen molar-refractivity contribution in [3.05, 3.63) is 127 Å². The maximum Gasteiger partial charge on any atom is 0.159 e. The highest BCUT2D eigenvalue weighted by atomic mass is 16.3. The van der Waals surface area contributed by atoms with Gasteiger partial charge in [-0.25, -0.2) is 9.97 Å². The Hall–Kier alpha value is -7.11. The lowest BCUT2D eigenvalue weighted by molar-refractivity contribution is 0.668. The summed E-state index contributed by atoms with van der Waals surface area (Å²) in [6, 6.07) is 43.0. The SMILES string of the molecule is [B]c1c([B])c([B])c(-c2cc(-c3cccc4oc5ccc(-c6cccc7oc8cc(-n9c%10ccccc%10c%10ccccc%109)ccc8c67)cc5c34)nc(-c3c([B])c([B])c([B])c([B])c3[B])n2)c([B])c1[B]. The molecule has 20 radical (unpaired) electrons. The van der Waals surface area contributed by atoms with E-state index < -0.39 is 0 Å². The summed E-state index contributed by atoms with van der Waals surface area (Å²) in [6.45, 7) is 0. The Morgan fingerprint density at radius 3 is 1.51 bits per heavy atom. The fourth-order valence-corrected chi connectivity index (χ4v) is 9.64. The zero-order valence-corrected chi connectivity index (χ0v) is 35.6. The van der Waals surface area contributed by atoms with E-state index in [1.54, 1.807) is 6.07 Å². The molecule has 0 aliphatic rings. The van der Waals surface area contributed by atoms with Crippen molar-refractivity contribution >= 4 is 199 Å². The van der Waals surface area contributed by atoms with Crippen molar-refractivity contribution in [2.45, 2.75) is 0 Å². The van der Waals surface area contributed by atoms with E-state index >= 15 is 0 Å². The first-order valence-electron chi connectivity index (χ1n) is 21.2. The summed E-state index contributed by atoms with van der Waals surface area (Å²) in [6.07, 6.45) is 0. The number of hydrogen-bond donors (Lipinski definition) is 0. The molecule has 0 N–H and O–H groups in total. The van der Waals surface area contributed by atoms with Crippen molar-refractivity contribution in [3.8, 4) is 50.7 Å². The summed E-state index contributed by atoms with van der Waals surface area (Å²) in [5.41, 5.74) is 10.1. The topological polar surface area (TPSA) is 57.0 Å². The van der Waals surface area contributed by atoms with Crippen LogP contribution in [0.5, 0.6) is 0 Å². The summed E-state index contributed by atoms with van der Waals surface area (Å²) >= 11 is 0. The van der Waals surface area contributed by atoms with Gasteiger partial charge in [-0.2, -0.15) is 0 Å². The smallest absolute Gasteiger partial charge is 0.159 e. The van der Waals surface area contributed by atoms with Gasteiger partial charge in [0.15, 0.2) is 5.82 Å². The number of furan rings is 2. The van der Waals surface area contributed by atoms with Gasteiger partial charge in [-0.3, -0.25) is 0 Å². The first kappa shape index (κ1) is 41.3. The molecule has 0 atom stereocenters. The van der Waals surface area contributed by atoms with E-state index in [2.05, 4.69) is 83.4 Å². The second-order valence-corrected chi connectivity index (χ2v) is 16.7. The third-order valence-corrected chi connectivity index (χ3v) is 13.0. The minimum absolute atomic E-state index is 0.0247. The molecule has 0 unspecified atom stereocenters. The number of aromatic nitrogens is 3. The average Bonchev–Trinajstić information content (AvgIpc) is 4.03. The molecule has 0 fully saturated rings. The highest BCUT2D eigenvalue weighted by molar-refractivity contribution is 6.70. The molecule has 5 nitrogen and oxygen atoms in total. The number of rotatable bonds is 5. The molecule has 8 aromatic carbocycles. The molecule has 4 aromatic heterocycles. The Labute approximate surface area is 398 Å². The highest BCUT2D eigenvalue weighted by Gasteiger charge is 2.23. The van der Waals surface area contributed by atoms with E-state index in [1.165, 1.54) is 10.8 Å². The Bertz CT molecular complexity index is 3940. The number of para-hydroxylation sites is 2. The first-order valence-corrected chi connectivity index (χ1v) is 21.2. The minimum atomic E-state index is 0.0247. The van der Waals surface area contributed by atoms with Crippen LogP contribution in [0.3, 0.4) is 0 Å². The molecular formula is C52H21B10N3O2. The van der Waals surface area contributed by atoms with Crippen molar-refractivity contribution in [1.29, 1.82) is 0 Å². The Morgan fingerprint density at radius 1 is 0.358 bits per heavy atom. The first-order chi connectivity index (χ1) is 32.4. The molecule has 0 bridgehead atoms. The van der Waals surface area contributed by atoms with Crippen molar-refractivity contribution < 1.29 is 8.83 Å². The Kier molecular flexibility index (Phi) is 9.39. The zero-order chi connectivity index (χ0) is 46.2. The molecule has 4 heterocycles. The van der Waals surface area contributed by atoms with Gasteiger partial charge in [-0.05, 0) is 71.3 Å². The highest BCUT2D eigenvalue weighted by Crippen LogP contribution is 2.42. The quantitative estimate of drug-likeness (QED) is 0.250. The summed E-state index contributed by atoms with van der Waals surface area (Å²) in [7, 11) is 64.2. The van der Waals surface area contributed by atoms with Crippen molar-refractivity contribution in [1.82, 2.24) is 14.5 Å². The van der Waals surface area contributed by atoms with Crippen LogP contribution >= 0.6 is 0 Å². The zero-order valence-electron chi connectivity index (χ0n) is 35.6. The van der Waals surface area contributed by atoms with Gasteiger partial charge < -0.3 is 13.4 Å². The van der Waals surface area contributed by atoms with Gasteiger partial charge in [0.25, 0.3) is 0 Å². The summed E-state index contributed by atoms with van der Waals surface area (Å²) < 4.78 is 15.4. The van der Waals surface area contributed by atoms with Gasteiger partial charge >= 0.3 is 0 Å². The molecule has 286 valence electrons. The largest absolute Gasteiger partial charge is 0.456 e. The number of hydrogen-bond acceptors (Lipinski definition) is 4. The molecule has 12 aromatic rings. The number of fused-ring (bicyclic) bond motifs is 9. The molecule has 0 saturated carbocycles.